The van der Waals surface area contributed by atoms with Crippen LogP contribution in [0.4, 0.5) is 0 Å². The number of aromatic nitrogens is 1. The van der Waals surface area contributed by atoms with Crippen LogP contribution in [0.3, 0.4) is 0 Å². The number of hydrogen-bond donors (Lipinski definition) is 1. The fraction of sp³-hybridized carbons (Fsp3) is 0.238. The third-order valence-electron chi connectivity index (χ3n) is 4.30. The molecular formula is C21H21ClN2O2S. The number of amides is 1. The molecule has 3 rings (SSSR count). The number of benzene rings is 2. The van der Waals surface area contributed by atoms with Crippen LogP contribution in [0.1, 0.15) is 32.9 Å². The second kappa shape index (κ2) is 9.11. The van der Waals surface area contributed by atoms with Crippen LogP contribution < -0.4 is 5.32 Å². The summed E-state index contributed by atoms with van der Waals surface area (Å²) in [5.74, 6) is 1.48. The number of nitrogens with zero attached hydrogens (tertiary/aromatic N) is 1. The molecule has 3 aromatic rings. The molecule has 1 heterocycles. The second-order valence-electron chi connectivity index (χ2n) is 6.22. The molecule has 0 atom stereocenters. The molecule has 0 aliphatic heterocycles. The molecule has 1 N–H and O–H groups in total. The topological polar surface area (TPSA) is 55.1 Å². The lowest BCUT2D eigenvalue weighted by Gasteiger charge is -2.10. The summed E-state index contributed by atoms with van der Waals surface area (Å²) in [5.41, 5.74) is 3.80. The predicted octanol–water partition coefficient (Wildman–Crippen LogP) is 5.21. The number of thioether (sulfide) groups is 1. The highest BCUT2D eigenvalue weighted by atomic mass is 35.5. The van der Waals surface area contributed by atoms with Crippen LogP contribution in [0.2, 0.25) is 5.02 Å². The van der Waals surface area contributed by atoms with E-state index >= 15 is 0 Å². The molecule has 2 aromatic carbocycles. The Balaban J connectivity index is 1.60. The van der Waals surface area contributed by atoms with Gasteiger partial charge in [-0.15, -0.1) is 11.8 Å². The molecule has 0 aliphatic rings. The minimum Gasteiger partial charge on any atom is -0.361 e. The molecule has 4 nitrogen and oxygen atoms in total. The van der Waals surface area contributed by atoms with Gasteiger partial charge in [0.05, 0.1) is 11.3 Å². The molecule has 0 aliphatic carbocycles. The Morgan fingerprint density at radius 2 is 1.89 bits per heavy atom. The summed E-state index contributed by atoms with van der Waals surface area (Å²) in [6, 6.07) is 15.3. The van der Waals surface area contributed by atoms with E-state index in [1.807, 2.05) is 62.4 Å². The van der Waals surface area contributed by atoms with Gasteiger partial charge in [0.1, 0.15) is 5.76 Å². The quantitative estimate of drug-likeness (QED) is 0.553. The molecule has 0 radical (unpaired) electrons. The molecule has 0 fully saturated rings. The molecule has 0 bridgehead atoms. The van der Waals surface area contributed by atoms with Crippen molar-refractivity contribution in [1.29, 1.82) is 0 Å². The summed E-state index contributed by atoms with van der Waals surface area (Å²) in [7, 11) is 0. The van der Waals surface area contributed by atoms with Gasteiger partial charge in [-0.05, 0) is 50.1 Å². The lowest BCUT2D eigenvalue weighted by Crippen LogP contribution is -2.26. The van der Waals surface area contributed by atoms with Crippen molar-refractivity contribution in [3.8, 4) is 0 Å². The molecule has 140 valence electrons. The Bertz CT molecular complexity index is 903. The average Bonchev–Trinajstić information content (AvgIpc) is 2.99. The van der Waals surface area contributed by atoms with Gasteiger partial charge in [-0.1, -0.05) is 41.0 Å². The van der Waals surface area contributed by atoms with Gasteiger partial charge in [0.15, 0.2) is 0 Å². The SMILES string of the molecule is Cc1noc(C)c1CSc1ccccc1C(=O)NCCc1ccc(Cl)cc1. The number of nitrogens with one attached hydrogen (secondary N) is 1. The molecule has 1 aromatic heterocycles. The molecule has 0 spiro atoms. The number of halogens is 1. The lowest BCUT2D eigenvalue weighted by atomic mass is 10.1. The highest BCUT2D eigenvalue weighted by Gasteiger charge is 2.14. The minimum atomic E-state index is -0.0640. The van der Waals surface area contributed by atoms with Crippen molar-refractivity contribution in [2.24, 2.45) is 0 Å². The van der Waals surface area contributed by atoms with Crippen LogP contribution in [0.25, 0.3) is 0 Å². The largest absolute Gasteiger partial charge is 0.361 e. The van der Waals surface area contributed by atoms with Crippen LogP contribution in [0.15, 0.2) is 57.9 Å². The van der Waals surface area contributed by atoms with Crippen LogP contribution in [0.5, 0.6) is 0 Å². The number of carbonyl (C=O) groups is 1. The van der Waals surface area contributed by atoms with E-state index < -0.39 is 0 Å². The zero-order chi connectivity index (χ0) is 19.2. The first-order chi connectivity index (χ1) is 13.0. The predicted molar refractivity (Wildman–Crippen MR) is 109 cm³/mol. The maximum atomic E-state index is 12.6. The molecule has 1 amide bonds. The van der Waals surface area contributed by atoms with Gasteiger partial charge in [-0.25, -0.2) is 0 Å². The van der Waals surface area contributed by atoms with Crippen molar-refractivity contribution in [3.05, 3.63) is 81.7 Å². The van der Waals surface area contributed by atoms with E-state index in [2.05, 4.69) is 10.5 Å². The molecular weight excluding hydrogens is 380 g/mol. The van der Waals surface area contributed by atoms with Crippen molar-refractivity contribution >= 4 is 29.3 Å². The summed E-state index contributed by atoms with van der Waals surface area (Å²) in [6.45, 7) is 4.41. The summed E-state index contributed by atoms with van der Waals surface area (Å²) in [4.78, 5) is 13.6. The Morgan fingerprint density at radius 3 is 2.59 bits per heavy atom. The van der Waals surface area contributed by atoms with Crippen LogP contribution >= 0.6 is 23.4 Å². The van der Waals surface area contributed by atoms with Gasteiger partial charge >= 0.3 is 0 Å². The zero-order valence-electron chi connectivity index (χ0n) is 15.3. The van der Waals surface area contributed by atoms with E-state index in [1.165, 1.54) is 0 Å². The van der Waals surface area contributed by atoms with Gasteiger partial charge < -0.3 is 9.84 Å². The fourth-order valence-corrected chi connectivity index (χ4v) is 4.03. The Labute approximate surface area is 168 Å². The van der Waals surface area contributed by atoms with E-state index in [0.717, 1.165) is 39.7 Å². The molecule has 27 heavy (non-hydrogen) atoms. The van der Waals surface area contributed by atoms with Gasteiger partial charge in [-0.3, -0.25) is 4.79 Å². The first-order valence-corrected chi connectivity index (χ1v) is 10.1. The summed E-state index contributed by atoms with van der Waals surface area (Å²) in [6.07, 6.45) is 0.761. The summed E-state index contributed by atoms with van der Waals surface area (Å²) >= 11 is 7.52. The zero-order valence-corrected chi connectivity index (χ0v) is 16.9. The summed E-state index contributed by atoms with van der Waals surface area (Å²) in [5, 5.41) is 7.70. The van der Waals surface area contributed by atoms with Crippen molar-refractivity contribution in [3.63, 3.8) is 0 Å². The second-order valence-corrected chi connectivity index (χ2v) is 7.67. The molecule has 0 saturated heterocycles. The Kier molecular flexibility index (Phi) is 6.58. The van der Waals surface area contributed by atoms with E-state index in [-0.39, 0.29) is 5.91 Å². The number of aryl methyl sites for hydroxylation is 2. The van der Waals surface area contributed by atoms with Crippen molar-refractivity contribution in [1.82, 2.24) is 10.5 Å². The summed E-state index contributed by atoms with van der Waals surface area (Å²) < 4.78 is 5.21. The van der Waals surface area contributed by atoms with Crippen molar-refractivity contribution in [2.45, 2.75) is 30.9 Å². The fourth-order valence-electron chi connectivity index (χ4n) is 2.70. The Hall–Kier alpha value is -2.24. The average molecular weight is 401 g/mol. The third kappa shape index (κ3) is 5.15. The normalized spacial score (nSPS) is 10.8. The standard InChI is InChI=1S/C21H21ClN2O2S/c1-14-19(15(2)26-24-14)13-27-20-6-4-3-5-18(20)21(25)23-12-11-16-7-9-17(22)10-8-16/h3-10H,11-13H2,1-2H3,(H,23,25). The van der Waals surface area contributed by atoms with Crippen LogP contribution in [0, 0.1) is 13.8 Å². The van der Waals surface area contributed by atoms with E-state index in [9.17, 15) is 4.79 Å². The molecule has 0 saturated carbocycles. The number of rotatable bonds is 7. The van der Waals surface area contributed by atoms with E-state index in [0.29, 0.717) is 17.1 Å². The highest BCUT2D eigenvalue weighted by molar-refractivity contribution is 7.98. The van der Waals surface area contributed by atoms with Crippen molar-refractivity contribution in [2.75, 3.05) is 6.54 Å². The van der Waals surface area contributed by atoms with Gasteiger partial charge in [-0.2, -0.15) is 0 Å². The van der Waals surface area contributed by atoms with E-state index in [4.69, 9.17) is 16.1 Å². The van der Waals surface area contributed by atoms with Crippen LogP contribution in [-0.4, -0.2) is 17.6 Å². The minimum absolute atomic E-state index is 0.0640. The smallest absolute Gasteiger partial charge is 0.252 e. The van der Waals surface area contributed by atoms with Crippen molar-refractivity contribution < 1.29 is 9.32 Å². The van der Waals surface area contributed by atoms with Crippen LogP contribution in [-0.2, 0) is 12.2 Å². The number of hydrogen-bond acceptors (Lipinski definition) is 4. The first kappa shape index (κ1) is 19.5. The monoisotopic (exact) mass is 400 g/mol. The van der Waals surface area contributed by atoms with Gasteiger partial charge in [0, 0.05) is 27.8 Å². The molecule has 6 heteroatoms. The maximum absolute atomic E-state index is 12.6. The van der Waals surface area contributed by atoms with E-state index in [1.54, 1.807) is 11.8 Å². The first-order valence-electron chi connectivity index (χ1n) is 8.71. The highest BCUT2D eigenvalue weighted by Crippen LogP contribution is 2.28. The number of carbonyl (C=O) groups excluding carboxylic acids is 1. The maximum Gasteiger partial charge on any atom is 0.252 e. The molecule has 0 unspecified atom stereocenters. The van der Waals surface area contributed by atoms with Gasteiger partial charge in [0.2, 0.25) is 0 Å². The van der Waals surface area contributed by atoms with Gasteiger partial charge in [0.25, 0.3) is 5.91 Å². The third-order valence-corrected chi connectivity index (χ3v) is 5.65. The lowest BCUT2D eigenvalue weighted by molar-refractivity contribution is 0.0951. The Morgan fingerprint density at radius 1 is 1.15 bits per heavy atom.